The SMILES string of the molecule is Cc1ccc(-n2nc(C)cc2NC(=O)CSCC(C)CO)cc1. The van der Waals surface area contributed by atoms with Crippen molar-refractivity contribution in [1.82, 2.24) is 9.78 Å². The van der Waals surface area contributed by atoms with E-state index in [1.807, 2.05) is 51.1 Å². The highest BCUT2D eigenvalue weighted by Crippen LogP contribution is 2.18. The van der Waals surface area contributed by atoms with Gasteiger partial charge in [0.1, 0.15) is 5.82 Å². The second-order valence-corrected chi connectivity index (χ2v) is 6.80. The number of anilines is 1. The molecule has 0 aliphatic carbocycles. The average molecular weight is 333 g/mol. The van der Waals surface area contributed by atoms with Crippen LogP contribution in [0, 0.1) is 19.8 Å². The number of aliphatic hydroxyl groups is 1. The van der Waals surface area contributed by atoms with E-state index in [9.17, 15) is 4.79 Å². The Morgan fingerprint density at radius 3 is 2.70 bits per heavy atom. The number of hydrogen-bond donors (Lipinski definition) is 2. The molecule has 2 N–H and O–H groups in total. The molecule has 2 rings (SSSR count). The Labute approximate surface area is 141 Å². The Morgan fingerprint density at radius 2 is 2.04 bits per heavy atom. The number of carbonyl (C=O) groups excluding carboxylic acids is 1. The normalized spacial score (nSPS) is 12.2. The number of rotatable bonds is 7. The largest absolute Gasteiger partial charge is 0.396 e. The van der Waals surface area contributed by atoms with Crippen LogP contribution in [0.4, 0.5) is 5.82 Å². The molecule has 124 valence electrons. The van der Waals surface area contributed by atoms with Gasteiger partial charge in [-0.05, 0) is 37.7 Å². The summed E-state index contributed by atoms with van der Waals surface area (Å²) in [6.45, 7) is 6.04. The van der Waals surface area contributed by atoms with Gasteiger partial charge in [0.2, 0.25) is 5.91 Å². The van der Waals surface area contributed by atoms with Gasteiger partial charge in [-0.2, -0.15) is 16.9 Å². The quantitative estimate of drug-likeness (QED) is 0.817. The van der Waals surface area contributed by atoms with Gasteiger partial charge < -0.3 is 10.4 Å². The number of thioether (sulfide) groups is 1. The Hall–Kier alpha value is -1.79. The van der Waals surface area contributed by atoms with Crippen LogP contribution in [0.25, 0.3) is 5.69 Å². The van der Waals surface area contributed by atoms with Gasteiger partial charge in [-0.1, -0.05) is 24.6 Å². The first-order chi connectivity index (χ1) is 11.0. The lowest BCUT2D eigenvalue weighted by molar-refractivity contribution is -0.113. The number of benzene rings is 1. The van der Waals surface area contributed by atoms with Crippen molar-refractivity contribution in [2.24, 2.45) is 5.92 Å². The van der Waals surface area contributed by atoms with E-state index in [0.717, 1.165) is 17.1 Å². The lowest BCUT2D eigenvalue weighted by Crippen LogP contribution is -2.18. The van der Waals surface area contributed by atoms with Gasteiger partial charge in [0, 0.05) is 12.7 Å². The van der Waals surface area contributed by atoms with Crippen molar-refractivity contribution >= 4 is 23.5 Å². The molecular formula is C17H23N3O2S. The minimum absolute atomic E-state index is 0.0617. The van der Waals surface area contributed by atoms with Gasteiger partial charge in [0.15, 0.2) is 0 Å². The van der Waals surface area contributed by atoms with Crippen LogP contribution in [0.3, 0.4) is 0 Å². The van der Waals surface area contributed by atoms with Crippen molar-refractivity contribution in [3.63, 3.8) is 0 Å². The maximum absolute atomic E-state index is 12.1. The molecule has 0 bridgehead atoms. The smallest absolute Gasteiger partial charge is 0.235 e. The molecule has 23 heavy (non-hydrogen) atoms. The number of nitrogens with zero attached hydrogens (tertiary/aromatic N) is 2. The fourth-order valence-electron chi connectivity index (χ4n) is 2.06. The molecule has 0 spiro atoms. The van der Waals surface area contributed by atoms with Crippen LogP contribution in [0.15, 0.2) is 30.3 Å². The van der Waals surface area contributed by atoms with Gasteiger partial charge in [0.25, 0.3) is 0 Å². The molecule has 0 saturated carbocycles. The third-order valence-electron chi connectivity index (χ3n) is 3.32. The molecule has 1 unspecified atom stereocenters. The molecule has 1 aromatic carbocycles. The molecule has 0 fully saturated rings. The summed E-state index contributed by atoms with van der Waals surface area (Å²) in [7, 11) is 0. The highest BCUT2D eigenvalue weighted by molar-refractivity contribution is 7.99. The van der Waals surface area contributed by atoms with E-state index < -0.39 is 0 Å². The predicted molar refractivity (Wildman–Crippen MR) is 95.2 cm³/mol. The maximum atomic E-state index is 12.1. The number of hydrogen-bond acceptors (Lipinski definition) is 4. The third kappa shape index (κ3) is 5.11. The summed E-state index contributed by atoms with van der Waals surface area (Å²) in [4.78, 5) is 12.1. The molecule has 5 nitrogen and oxygen atoms in total. The predicted octanol–water partition coefficient (Wildman–Crippen LogP) is 2.79. The number of carbonyl (C=O) groups is 1. The zero-order valence-corrected chi connectivity index (χ0v) is 14.6. The fourth-order valence-corrected chi connectivity index (χ4v) is 2.94. The summed E-state index contributed by atoms with van der Waals surface area (Å²) in [5.41, 5.74) is 2.95. The van der Waals surface area contributed by atoms with Crippen LogP contribution in [-0.2, 0) is 4.79 Å². The first-order valence-corrected chi connectivity index (χ1v) is 8.77. The molecule has 1 aromatic heterocycles. The summed E-state index contributed by atoms with van der Waals surface area (Å²) in [6, 6.07) is 9.86. The molecule has 1 heterocycles. The monoisotopic (exact) mass is 333 g/mol. The Kier molecular flexibility index (Phi) is 6.24. The van der Waals surface area contributed by atoms with Gasteiger partial charge in [-0.15, -0.1) is 0 Å². The minimum atomic E-state index is -0.0617. The second kappa shape index (κ2) is 8.17. The summed E-state index contributed by atoms with van der Waals surface area (Å²) < 4.78 is 1.74. The summed E-state index contributed by atoms with van der Waals surface area (Å²) >= 11 is 1.52. The Balaban J connectivity index is 2.03. The second-order valence-electron chi connectivity index (χ2n) is 5.77. The van der Waals surface area contributed by atoms with Crippen molar-refractivity contribution < 1.29 is 9.90 Å². The van der Waals surface area contributed by atoms with Gasteiger partial charge in [-0.25, -0.2) is 4.68 Å². The van der Waals surface area contributed by atoms with E-state index >= 15 is 0 Å². The number of aliphatic hydroxyl groups excluding tert-OH is 1. The van der Waals surface area contributed by atoms with Crippen LogP contribution < -0.4 is 5.32 Å². The fraction of sp³-hybridized carbons (Fsp3) is 0.412. The maximum Gasteiger partial charge on any atom is 0.235 e. The molecule has 0 radical (unpaired) electrons. The van der Waals surface area contributed by atoms with Crippen LogP contribution in [0.5, 0.6) is 0 Å². The van der Waals surface area contributed by atoms with Crippen LogP contribution in [0.1, 0.15) is 18.2 Å². The number of aromatic nitrogens is 2. The molecular weight excluding hydrogens is 310 g/mol. The lowest BCUT2D eigenvalue weighted by atomic mass is 10.2. The van der Waals surface area contributed by atoms with E-state index in [2.05, 4.69) is 10.4 Å². The van der Waals surface area contributed by atoms with Crippen LogP contribution in [-0.4, -0.2) is 38.9 Å². The van der Waals surface area contributed by atoms with Crippen molar-refractivity contribution in [3.8, 4) is 5.69 Å². The molecule has 1 amide bonds. The van der Waals surface area contributed by atoms with Gasteiger partial charge in [-0.3, -0.25) is 4.79 Å². The third-order valence-corrected chi connectivity index (χ3v) is 4.60. The summed E-state index contributed by atoms with van der Waals surface area (Å²) in [6.07, 6.45) is 0. The van der Waals surface area contributed by atoms with E-state index in [0.29, 0.717) is 11.6 Å². The van der Waals surface area contributed by atoms with Crippen LogP contribution >= 0.6 is 11.8 Å². The molecule has 0 aliphatic rings. The van der Waals surface area contributed by atoms with E-state index in [1.54, 1.807) is 4.68 Å². The van der Waals surface area contributed by atoms with E-state index in [1.165, 1.54) is 17.3 Å². The zero-order valence-electron chi connectivity index (χ0n) is 13.7. The average Bonchev–Trinajstić information content (AvgIpc) is 2.88. The van der Waals surface area contributed by atoms with Crippen molar-refractivity contribution in [2.75, 3.05) is 23.4 Å². The molecule has 1 atom stereocenters. The Morgan fingerprint density at radius 1 is 1.35 bits per heavy atom. The topological polar surface area (TPSA) is 67.2 Å². The molecule has 0 saturated heterocycles. The molecule has 0 aliphatic heterocycles. The van der Waals surface area contributed by atoms with Crippen LogP contribution in [0.2, 0.25) is 0 Å². The van der Waals surface area contributed by atoms with Crippen molar-refractivity contribution in [1.29, 1.82) is 0 Å². The first-order valence-electron chi connectivity index (χ1n) is 7.61. The highest BCUT2D eigenvalue weighted by Gasteiger charge is 2.11. The van der Waals surface area contributed by atoms with Crippen molar-refractivity contribution in [3.05, 3.63) is 41.6 Å². The Bertz CT molecular complexity index is 652. The number of nitrogens with one attached hydrogen (secondary N) is 1. The molecule has 6 heteroatoms. The standard InChI is InChI=1S/C17H23N3O2S/c1-12-4-6-15(7-5-12)20-16(8-14(3)19-20)18-17(22)11-23-10-13(2)9-21/h4-8,13,21H,9-11H2,1-3H3,(H,18,22). The minimum Gasteiger partial charge on any atom is -0.396 e. The van der Waals surface area contributed by atoms with E-state index in [4.69, 9.17) is 5.11 Å². The van der Waals surface area contributed by atoms with Gasteiger partial charge in [0.05, 0.1) is 17.1 Å². The number of aryl methyl sites for hydroxylation is 2. The number of amides is 1. The summed E-state index contributed by atoms with van der Waals surface area (Å²) in [5.74, 6) is 1.94. The van der Waals surface area contributed by atoms with E-state index in [-0.39, 0.29) is 18.4 Å². The van der Waals surface area contributed by atoms with Crippen molar-refractivity contribution in [2.45, 2.75) is 20.8 Å². The van der Waals surface area contributed by atoms with Gasteiger partial charge >= 0.3 is 0 Å². The first kappa shape index (κ1) is 17.6. The zero-order chi connectivity index (χ0) is 16.8. The highest BCUT2D eigenvalue weighted by atomic mass is 32.2. The molecule has 2 aromatic rings. The summed E-state index contributed by atoms with van der Waals surface area (Å²) in [5, 5.41) is 16.4. The lowest BCUT2D eigenvalue weighted by Gasteiger charge is -2.10.